The Morgan fingerprint density at radius 2 is 1.97 bits per heavy atom. The number of piperidine rings is 1. The van der Waals surface area contributed by atoms with Crippen LogP contribution in [-0.4, -0.2) is 51.9 Å². The molecule has 1 atom stereocenters. The van der Waals surface area contributed by atoms with E-state index in [0.717, 1.165) is 51.4 Å². The van der Waals surface area contributed by atoms with Gasteiger partial charge in [0.25, 0.3) is 5.91 Å². The summed E-state index contributed by atoms with van der Waals surface area (Å²) in [6, 6.07) is 10.4. The van der Waals surface area contributed by atoms with E-state index < -0.39 is 0 Å². The van der Waals surface area contributed by atoms with Crippen LogP contribution in [-0.2, 0) is 19.5 Å². The van der Waals surface area contributed by atoms with Gasteiger partial charge in [0.05, 0.1) is 6.54 Å². The maximum atomic E-state index is 12.6. The molecule has 32 heavy (non-hydrogen) atoms. The second-order valence-corrected chi connectivity index (χ2v) is 8.57. The Morgan fingerprint density at radius 3 is 2.84 bits per heavy atom. The zero-order valence-electron chi connectivity index (χ0n) is 18.1. The summed E-state index contributed by atoms with van der Waals surface area (Å²) in [5, 5.41) is 3.03. The maximum absolute atomic E-state index is 12.6. The topological polar surface area (TPSA) is 87.4 Å². The summed E-state index contributed by atoms with van der Waals surface area (Å²) in [6.07, 6.45) is 8.15. The van der Waals surface area contributed by atoms with Crippen LogP contribution in [0.25, 0.3) is 0 Å². The molecule has 1 fully saturated rings. The minimum atomic E-state index is -0.183. The summed E-state index contributed by atoms with van der Waals surface area (Å²) in [5.41, 5.74) is 3.11. The van der Waals surface area contributed by atoms with Gasteiger partial charge in [-0.3, -0.25) is 9.69 Å². The van der Waals surface area contributed by atoms with E-state index >= 15 is 0 Å². The summed E-state index contributed by atoms with van der Waals surface area (Å²) in [7, 11) is 0. The molecule has 0 spiro atoms. The fraction of sp³-hybridized carbons (Fsp3) is 0.417. The molecule has 1 amide bonds. The second kappa shape index (κ2) is 9.48. The van der Waals surface area contributed by atoms with E-state index in [1.807, 2.05) is 6.07 Å². The van der Waals surface area contributed by atoms with Crippen LogP contribution in [0.1, 0.15) is 40.3 Å². The number of benzene rings is 1. The maximum Gasteiger partial charge on any atom is 0.273 e. The van der Waals surface area contributed by atoms with Crippen molar-refractivity contribution >= 4 is 11.9 Å². The highest BCUT2D eigenvalue weighted by atomic mass is 16.3. The molecule has 0 saturated carbocycles. The first-order valence-corrected chi connectivity index (χ1v) is 11.3. The summed E-state index contributed by atoms with van der Waals surface area (Å²) < 4.78 is 5.60. The van der Waals surface area contributed by atoms with Gasteiger partial charge in [-0.1, -0.05) is 24.3 Å². The minimum absolute atomic E-state index is 0.183. The van der Waals surface area contributed by atoms with E-state index in [1.165, 1.54) is 17.4 Å². The molecule has 5 rings (SSSR count). The number of carbonyl (C=O) groups excluding carboxylic acids is 1. The van der Waals surface area contributed by atoms with Crippen molar-refractivity contribution in [1.82, 2.24) is 25.2 Å². The molecule has 0 bridgehead atoms. The van der Waals surface area contributed by atoms with E-state index in [2.05, 4.69) is 54.3 Å². The van der Waals surface area contributed by atoms with Crippen molar-refractivity contribution in [3.63, 3.8) is 0 Å². The van der Waals surface area contributed by atoms with Crippen LogP contribution < -0.4 is 10.2 Å². The Kier molecular flexibility index (Phi) is 6.11. The number of nitrogens with one attached hydrogen (secondary N) is 1. The normalized spacial score (nSPS) is 18.9. The molecule has 2 aromatic heterocycles. The van der Waals surface area contributed by atoms with Crippen LogP contribution >= 0.6 is 0 Å². The fourth-order valence-electron chi connectivity index (χ4n) is 4.56. The molecule has 1 saturated heterocycles. The lowest BCUT2D eigenvalue weighted by Gasteiger charge is -2.32. The second-order valence-electron chi connectivity index (χ2n) is 8.57. The number of carbonyl (C=O) groups is 1. The van der Waals surface area contributed by atoms with E-state index in [0.29, 0.717) is 30.6 Å². The Bertz CT molecular complexity index is 1050. The molecule has 1 N–H and O–H groups in total. The van der Waals surface area contributed by atoms with Crippen LogP contribution in [0.5, 0.6) is 0 Å². The third-order valence-electron chi connectivity index (χ3n) is 6.26. The zero-order valence-corrected chi connectivity index (χ0v) is 18.1. The summed E-state index contributed by atoms with van der Waals surface area (Å²) in [4.78, 5) is 30.2. The molecule has 4 heterocycles. The van der Waals surface area contributed by atoms with Gasteiger partial charge in [0.2, 0.25) is 11.8 Å². The Labute approximate surface area is 187 Å². The van der Waals surface area contributed by atoms with Gasteiger partial charge in [0.15, 0.2) is 5.69 Å². The Morgan fingerprint density at radius 1 is 1.12 bits per heavy atom. The molecule has 8 nitrogen and oxygen atoms in total. The van der Waals surface area contributed by atoms with Crippen LogP contribution in [0.15, 0.2) is 53.4 Å². The number of rotatable bonds is 6. The van der Waals surface area contributed by atoms with Crippen molar-refractivity contribution in [2.24, 2.45) is 5.92 Å². The van der Waals surface area contributed by atoms with Gasteiger partial charge >= 0.3 is 0 Å². The molecule has 3 aromatic rings. The minimum Gasteiger partial charge on any atom is -0.447 e. The van der Waals surface area contributed by atoms with E-state index in [-0.39, 0.29) is 5.91 Å². The van der Waals surface area contributed by atoms with Crippen molar-refractivity contribution < 1.29 is 9.21 Å². The highest BCUT2D eigenvalue weighted by molar-refractivity contribution is 5.91. The van der Waals surface area contributed by atoms with Gasteiger partial charge in [-0.05, 0) is 42.4 Å². The lowest BCUT2D eigenvalue weighted by Crippen LogP contribution is -2.41. The molecule has 1 aromatic carbocycles. The third-order valence-corrected chi connectivity index (χ3v) is 6.26. The quantitative estimate of drug-likeness (QED) is 0.641. The Hall–Kier alpha value is -3.26. The predicted octanol–water partition coefficient (Wildman–Crippen LogP) is 2.67. The van der Waals surface area contributed by atoms with Gasteiger partial charge in [-0.15, -0.1) is 0 Å². The lowest BCUT2D eigenvalue weighted by molar-refractivity contribution is 0.0940. The molecule has 8 heteroatoms. The highest BCUT2D eigenvalue weighted by Gasteiger charge is 2.23. The molecule has 0 radical (unpaired) electrons. The number of oxazole rings is 1. The predicted molar refractivity (Wildman–Crippen MR) is 120 cm³/mol. The average Bonchev–Trinajstić information content (AvgIpc) is 3.32. The number of anilines is 1. The largest absolute Gasteiger partial charge is 0.447 e. The van der Waals surface area contributed by atoms with Gasteiger partial charge in [0.1, 0.15) is 6.26 Å². The zero-order chi connectivity index (χ0) is 21.8. The molecule has 2 aliphatic heterocycles. The highest BCUT2D eigenvalue weighted by Crippen LogP contribution is 2.21. The Balaban J connectivity index is 1.12. The smallest absolute Gasteiger partial charge is 0.273 e. The first kappa shape index (κ1) is 20.6. The van der Waals surface area contributed by atoms with Crippen molar-refractivity contribution in [1.29, 1.82) is 0 Å². The number of fused-ring (bicyclic) bond motifs is 1. The molecule has 0 unspecified atom stereocenters. The fourth-order valence-corrected chi connectivity index (χ4v) is 4.56. The SMILES string of the molecule is O=C(NC[C@H]1CCCN(c2ncccn2)C1)c1coc(CN2CCc3ccccc3C2)n1. The standard InChI is InChI=1S/C24H28N6O2/c31-23(27-13-18-5-3-11-30(14-18)24-25-9-4-10-26-24)21-17-32-22(28-21)16-29-12-8-19-6-1-2-7-20(19)15-29/h1-2,4,6-7,9-10,17-18H,3,5,8,11-16H2,(H,27,31)/t18-/m1/s1. The van der Waals surface area contributed by atoms with Gasteiger partial charge < -0.3 is 14.6 Å². The third kappa shape index (κ3) is 4.80. The number of aromatic nitrogens is 3. The first-order chi connectivity index (χ1) is 15.7. The number of hydrogen-bond donors (Lipinski definition) is 1. The van der Waals surface area contributed by atoms with Crippen LogP contribution in [0, 0.1) is 5.92 Å². The lowest BCUT2D eigenvalue weighted by atomic mass is 9.98. The summed E-state index contributed by atoms with van der Waals surface area (Å²) >= 11 is 0. The number of hydrogen-bond acceptors (Lipinski definition) is 7. The number of nitrogens with zero attached hydrogens (tertiary/aromatic N) is 5. The van der Waals surface area contributed by atoms with E-state index in [4.69, 9.17) is 4.42 Å². The van der Waals surface area contributed by atoms with Gasteiger partial charge in [-0.25, -0.2) is 15.0 Å². The van der Waals surface area contributed by atoms with E-state index in [9.17, 15) is 4.79 Å². The van der Waals surface area contributed by atoms with Gasteiger partial charge in [-0.2, -0.15) is 0 Å². The average molecular weight is 433 g/mol. The van der Waals surface area contributed by atoms with Crippen molar-refractivity contribution in [3.8, 4) is 0 Å². The van der Waals surface area contributed by atoms with Crippen molar-refractivity contribution in [2.45, 2.75) is 32.4 Å². The molecule has 2 aliphatic rings. The monoisotopic (exact) mass is 432 g/mol. The first-order valence-electron chi connectivity index (χ1n) is 11.3. The number of amides is 1. The molecule has 166 valence electrons. The molecular formula is C24H28N6O2. The van der Waals surface area contributed by atoms with Crippen LogP contribution in [0.3, 0.4) is 0 Å². The summed E-state index contributed by atoms with van der Waals surface area (Å²) in [6.45, 7) is 4.84. The molecular weight excluding hydrogens is 404 g/mol. The van der Waals surface area contributed by atoms with Crippen LogP contribution in [0.4, 0.5) is 5.95 Å². The van der Waals surface area contributed by atoms with Crippen LogP contribution in [0.2, 0.25) is 0 Å². The van der Waals surface area contributed by atoms with E-state index in [1.54, 1.807) is 12.4 Å². The van der Waals surface area contributed by atoms with Gasteiger partial charge in [0, 0.05) is 45.1 Å². The van der Waals surface area contributed by atoms with Crippen molar-refractivity contribution in [3.05, 3.63) is 71.7 Å². The molecule has 0 aliphatic carbocycles. The van der Waals surface area contributed by atoms with Crippen molar-refractivity contribution in [2.75, 3.05) is 31.1 Å². The summed E-state index contributed by atoms with van der Waals surface area (Å²) in [5.74, 6) is 1.51.